The Hall–Kier alpha value is -0.600. The van der Waals surface area contributed by atoms with Gasteiger partial charge >= 0.3 is 0 Å². The fourth-order valence-electron chi connectivity index (χ4n) is 1.59. The molecule has 99 valence electrons. The second-order valence-electron chi connectivity index (χ2n) is 3.81. The summed E-state index contributed by atoms with van der Waals surface area (Å²) in [5, 5.41) is 2.11. The highest BCUT2D eigenvalue weighted by Gasteiger charge is 2.12. The highest BCUT2D eigenvalue weighted by atomic mass is 35.5. The summed E-state index contributed by atoms with van der Waals surface area (Å²) in [7, 11) is 1.56. The third-order valence-corrected chi connectivity index (χ3v) is 3.74. The van der Waals surface area contributed by atoms with E-state index in [0.717, 1.165) is 5.56 Å². The van der Waals surface area contributed by atoms with Crippen LogP contribution in [-0.2, 0) is 0 Å². The molecule has 0 spiro atoms. The lowest BCUT2D eigenvalue weighted by atomic mass is 10.0. The van der Waals surface area contributed by atoms with Gasteiger partial charge in [-0.15, -0.1) is 0 Å². The Balaban J connectivity index is 2.38. The number of benzene rings is 2. The van der Waals surface area contributed by atoms with Crippen molar-refractivity contribution in [3.8, 4) is 5.75 Å². The normalized spacial score (nSPS) is 10.6. The zero-order chi connectivity index (χ0) is 14.0. The molecule has 0 aliphatic carbocycles. The molecule has 2 aromatic carbocycles. The molecule has 1 radical (unpaired) electrons. The summed E-state index contributed by atoms with van der Waals surface area (Å²) in [5.74, 6) is 0.606. The van der Waals surface area contributed by atoms with Gasteiger partial charge in [0.15, 0.2) is 0 Å². The summed E-state index contributed by atoms with van der Waals surface area (Å²) in [4.78, 5) is 0. The van der Waals surface area contributed by atoms with E-state index in [2.05, 4.69) is 0 Å². The molecule has 2 aromatic rings. The molecule has 0 aromatic heterocycles. The molecule has 5 heteroatoms. The van der Waals surface area contributed by atoms with Crippen LogP contribution in [0.25, 0.3) is 0 Å². The minimum absolute atomic E-state index is 0.496. The van der Waals surface area contributed by atoms with Crippen molar-refractivity contribution in [3.63, 3.8) is 0 Å². The second kappa shape index (κ2) is 6.23. The maximum Gasteiger partial charge on any atom is 0.121 e. The molecule has 0 aliphatic heterocycles. The smallest absolute Gasteiger partial charge is 0.121 e. The average molecular weight is 335 g/mol. The number of ether oxygens (including phenoxy) is 1. The highest BCUT2D eigenvalue weighted by molar-refractivity contribution is 6.37. The van der Waals surface area contributed by atoms with E-state index < -0.39 is 0 Å². The molecule has 0 unspecified atom stereocenters. The molecular weight excluding hydrogens is 326 g/mol. The fourth-order valence-corrected chi connectivity index (χ4v) is 2.63. The van der Waals surface area contributed by atoms with Crippen molar-refractivity contribution >= 4 is 46.4 Å². The summed E-state index contributed by atoms with van der Waals surface area (Å²) in [6.45, 7) is 0. The number of methoxy groups -OCH3 is 1. The van der Waals surface area contributed by atoms with Crippen LogP contribution in [-0.4, -0.2) is 7.11 Å². The number of halogens is 4. The first-order valence-corrected chi connectivity index (χ1v) is 6.85. The van der Waals surface area contributed by atoms with Crippen LogP contribution >= 0.6 is 46.4 Å². The third-order valence-electron chi connectivity index (χ3n) is 2.55. The van der Waals surface area contributed by atoms with Crippen LogP contribution in [0.3, 0.4) is 0 Å². The summed E-state index contributed by atoms with van der Waals surface area (Å²) < 4.78 is 5.09. The van der Waals surface area contributed by atoms with Gasteiger partial charge in [-0.3, -0.25) is 0 Å². The van der Waals surface area contributed by atoms with Crippen molar-refractivity contribution in [2.24, 2.45) is 0 Å². The molecule has 2 rings (SSSR count). The zero-order valence-electron chi connectivity index (χ0n) is 9.88. The van der Waals surface area contributed by atoms with Crippen molar-refractivity contribution in [2.45, 2.75) is 0 Å². The van der Waals surface area contributed by atoms with Crippen LogP contribution in [0.15, 0.2) is 30.3 Å². The topological polar surface area (TPSA) is 9.23 Å². The largest absolute Gasteiger partial charge is 0.497 e. The Morgan fingerprint density at radius 2 is 1.53 bits per heavy atom. The lowest BCUT2D eigenvalue weighted by molar-refractivity contribution is 0.415. The summed E-state index contributed by atoms with van der Waals surface area (Å²) in [6.07, 6.45) is 1.81. The van der Waals surface area contributed by atoms with E-state index in [4.69, 9.17) is 51.1 Å². The minimum atomic E-state index is 0.496. The molecule has 0 saturated carbocycles. The van der Waals surface area contributed by atoms with E-state index in [-0.39, 0.29) is 0 Å². The van der Waals surface area contributed by atoms with Crippen molar-refractivity contribution in [2.75, 3.05) is 7.11 Å². The van der Waals surface area contributed by atoms with Crippen LogP contribution in [0.2, 0.25) is 20.1 Å². The number of hydrogen-bond donors (Lipinski definition) is 0. The molecule has 0 fully saturated rings. The van der Waals surface area contributed by atoms with Gasteiger partial charge in [0.1, 0.15) is 5.75 Å². The first-order chi connectivity index (χ1) is 9.01. The van der Waals surface area contributed by atoms with Crippen LogP contribution in [0.5, 0.6) is 5.75 Å². The predicted molar refractivity (Wildman–Crippen MR) is 82.0 cm³/mol. The molecular formula is C14H9Cl4O. The third kappa shape index (κ3) is 3.49. The van der Waals surface area contributed by atoms with Gasteiger partial charge in [0.25, 0.3) is 0 Å². The van der Waals surface area contributed by atoms with Gasteiger partial charge in [-0.05, 0) is 35.4 Å². The Labute approximate surface area is 132 Å². The Bertz CT molecular complexity index is 587. The van der Waals surface area contributed by atoms with Crippen LogP contribution in [0.1, 0.15) is 11.1 Å². The lowest BCUT2D eigenvalue weighted by Crippen LogP contribution is -1.92. The first-order valence-electron chi connectivity index (χ1n) is 5.34. The molecule has 0 heterocycles. The van der Waals surface area contributed by atoms with E-state index in [9.17, 15) is 0 Å². The van der Waals surface area contributed by atoms with E-state index in [1.807, 2.05) is 12.5 Å². The maximum atomic E-state index is 6.18. The average Bonchev–Trinajstić information content (AvgIpc) is 2.35. The Kier molecular flexibility index (Phi) is 4.86. The SMILES string of the molecule is COc1cc(Cl)c([CH]c2ccc(Cl)cc2Cl)c(Cl)c1. The number of rotatable bonds is 3. The molecule has 0 atom stereocenters. The molecule has 0 amide bonds. The maximum absolute atomic E-state index is 6.18. The Morgan fingerprint density at radius 3 is 2.05 bits per heavy atom. The fraction of sp³-hybridized carbons (Fsp3) is 0.0714. The van der Waals surface area contributed by atoms with Crippen LogP contribution < -0.4 is 4.74 Å². The lowest BCUT2D eigenvalue weighted by Gasteiger charge is -2.10. The molecule has 1 nitrogen and oxygen atoms in total. The van der Waals surface area contributed by atoms with Gasteiger partial charge in [-0.2, -0.15) is 0 Å². The van der Waals surface area contributed by atoms with Crippen molar-refractivity contribution in [3.05, 3.63) is 68.0 Å². The van der Waals surface area contributed by atoms with E-state index >= 15 is 0 Å². The van der Waals surface area contributed by atoms with Crippen molar-refractivity contribution < 1.29 is 4.74 Å². The van der Waals surface area contributed by atoms with E-state index in [0.29, 0.717) is 31.4 Å². The molecule has 19 heavy (non-hydrogen) atoms. The number of hydrogen-bond acceptors (Lipinski definition) is 1. The highest BCUT2D eigenvalue weighted by Crippen LogP contribution is 2.34. The minimum Gasteiger partial charge on any atom is -0.497 e. The van der Waals surface area contributed by atoms with Gasteiger partial charge in [-0.25, -0.2) is 0 Å². The molecule has 0 bridgehead atoms. The molecule has 0 N–H and O–H groups in total. The predicted octanol–water partition coefficient (Wildman–Crippen LogP) is 5.91. The van der Waals surface area contributed by atoms with Crippen LogP contribution in [0.4, 0.5) is 0 Å². The van der Waals surface area contributed by atoms with Gasteiger partial charge in [0.05, 0.1) is 7.11 Å². The summed E-state index contributed by atoms with van der Waals surface area (Å²) in [6, 6.07) is 8.62. The Morgan fingerprint density at radius 1 is 0.895 bits per heavy atom. The van der Waals surface area contributed by atoms with Crippen molar-refractivity contribution in [1.29, 1.82) is 0 Å². The second-order valence-corrected chi connectivity index (χ2v) is 5.47. The standard InChI is InChI=1S/C14H9Cl4O/c1-19-10-6-13(17)11(14(18)7-10)4-8-2-3-9(15)5-12(8)16/h2-7H,1H3. The van der Waals surface area contributed by atoms with E-state index in [1.54, 1.807) is 31.4 Å². The van der Waals surface area contributed by atoms with Gasteiger partial charge in [-0.1, -0.05) is 52.5 Å². The zero-order valence-corrected chi connectivity index (χ0v) is 12.9. The van der Waals surface area contributed by atoms with Crippen LogP contribution in [0, 0.1) is 6.42 Å². The monoisotopic (exact) mass is 333 g/mol. The summed E-state index contributed by atoms with van der Waals surface area (Å²) >= 11 is 24.3. The van der Waals surface area contributed by atoms with Gasteiger partial charge < -0.3 is 4.74 Å². The molecule has 0 aliphatic rings. The van der Waals surface area contributed by atoms with Crippen molar-refractivity contribution in [1.82, 2.24) is 0 Å². The summed E-state index contributed by atoms with van der Waals surface area (Å²) in [5.41, 5.74) is 1.48. The molecule has 0 saturated heterocycles. The quantitative estimate of drug-likeness (QED) is 0.678. The van der Waals surface area contributed by atoms with E-state index in [1.165, 1.54) is 0 Å². The first kappa shape index (κ1) is 14.8. The van der Waals surface area contributed by atoms with Gasteiger partial charge in [0.2, 0.25) is 0 Å². The van der Waals surface area contributed by atoms with Gasteiger partial charge in [0, 0.05) is 26.5 Å².